The Morgan fingerprint density at radius 1 is 1.20 bits per heavy atom. The maximum Gasteiger partial charge on any atom is 0.259 e. The van der Waals surface area contributed by atoms with Gasteiger partial charge in [0.1, 0.15) is 12.4 Å². The molecule has 2 aromatic carbocycles. The highest BCUT2D eigenvalue weighted by Crippen LogP contribution is 2.22. The molecule has 0 saturated carbocycles. The molecular weight excluding hydrogens is 316 g/mol. The van der Waals surface area contributed by atoms with Crippen molar-refractivity contribution in [3.8, 4) is 5.75 Å². The number of rotatable bonds is 5. The molecule has 0 unspecified atom stereocenters. The van der Waals surface area contributed by atoms with Gasteiger partial charge in [0.25, 0.3) is 5.91 Å². The molecule has 1 fully saturated rings. The van der Waals surface area contributed by atoms with Gasteiger partial charge in [0.15, 0.2) is 0 Å². The number of methoxy groups -OCH3 is 1. The van der Waals surface area contributed by atoms with E-state index in [1.165, 1.54) is 0 Å². The topological polar surface area (TPSA) is 49.9 Å². The van der Waals surface area contributed by atoms with E-state index in [2.05, 4.69) is 0 Å². The summed E-state index contributed by atoms with van der Waals surface area (Å²) in [7, 11) is 1.57. The van der Waals surface area contributed by atoms with Crippen LogP contribution in [0.5, 0.6) is 5.75 Å². The van der Waals surface area contributed by atoms with Crippen molar-refractivity contribution in [3.05, 3.63) is 59.7 Å². The van der Waals surface area contributed by atoms with Crippen molar-refractivity contribution in [2.75, 3.05) is 25.2 Å². The molecule has 5 nitrogen and oxygen atoms in total. The van der Waals surface area contributed by atoms with Gasteiger partial charge in [-0.25, -0.2) is 0 Å². The first kappa shape index (κ1) is 17.0. The third-order valence-corrected chi connectivity index (χ3v) is 4.39. The number of benzene rings is 2. The summed E-state index contributed by atoms with van der Waals surface area (Å²) in [6.07, 6.45) is 1.39. The summed E-state index contributed by atoms with van der Waals surface area (Å²) in [5, 5.41) is 0. The number of nitrogens with zero attached hydrogens (tertiary/aromatic N) is 2. The molecular formula is C20H22N2O3. The summed E-state index contributed by atoms with van der Waals surface area (Å²) < 4.78 is 5.22. The van der Waals surface area contributed by atoms with E-state index < -0.39 is 0 Å². The van der Waals surface area contributed by atoms with E-state index in [1.54, 1.807) is 41.2 Å². The molecule has 2 aromatic rings. The molecule has 0 N–H and O–H groups in total. The summed E-state index contributed by atoms with van der Waals surface area (Å²) in [6.45, 7) is 2.95. The zero-order valence-electron chi connectivity index (χ0n) is 14.6. The number of hydrogen-bond donors (Lipinski definition) is 0. The Morgan fingerprint density at radius 2 is 1.96 bits per heavy atom. The largest absolute Gasteiger partial charge is 0.497 e. The zero-order chi connectivity index (χ0) is 17.8. The fourth-order valence-corrected chi connectivity index (χ4v) is 2.92. The smallest absolute Gasteiger partial charge is 0.259 e. The Kier molecular flexibility index (Phi) is 5.03. The van der Waals surface area contributed by atoms with E-state index >= 15 is 0 Å². The lowest BCUT2D eigenvalue weighted by molar-refractivity contribution is -0.127. The van der Waals surface area contributed by atoms with Gasteiger partial charge in [0.05, 0.1) is 7.11 Å². The number of aryl methyl sites for hydroxylation is 1. The van der Waals surface area contributed by atoms with Crippen LogP contribution < -0.4 is 9.64 Å². The molecule has 0 aromatic heterocycles. The fraction of sp³-hybridized carbons (Fsp3) is 0.300. The van der Waals surface area contributed by atoms with Crippen molar-refractivity contribution in [2.45, 2.75) is 19.8 Å². The Balaban J connectivity index is 1.92. The standard InChI is InChI=1S/C20H22N2O3/c1-15-8-10-17(11-9-15)22(14-21-12-4-7-19(21)23)20(24)16-5-3-6-18(13-16)25-2/h3,5-6,8-11,13H,4,7,12,14H2,1-2H3. The number of carbonyl (C=O) groups excluding carboxylic acids is 2. The molecule has 0 radical (unpaired) electrons. The van der Waals surface area contributed by atoms with Gasteiger partial charge in [0.2, 0.25) is 5.91 Å². The van der Waals surface area contributed by atoms with Crippen molar-refractivity contribution < 1.29 is 14.3 Å². The van der Waals surface area contributed by atoms with Crippen LogP contribution in [0.3, 0.4) is 0 Å². The lowest BCUT2D eigenvalue weighted by Gasteiger charge is -2.28. The van der Waals surface area contributed by atoms with Gasteiger partial charge in [-0.05, 0) is 43.7 Å². The first-order valence-corrected chi connectivity index (χ1v) is 8.39. The normalized spacial score (nSPS) is 13.8. The molecule has 0 bridgehead atoms. The van der Waals surface area contributed by atoms with Crippen LogP contribution in [-0.2, 0) is 4.79 Å². The molecule has 130 valence electrons. The number of ether oxygens (including phenoxy) is 1. The second-order valence-electron chi connectivity index (χ2n) is 6.20. The average Bonchev–Trinajstić information content (AvgIpc) is 3.05. The molecule has 25 heavy (non-hydrogen) atoms. The van der Waals surface area contributed by atoms with E-state index in [-0.39, 0.29) is 18.5 Å². The van der Waals surface area contributed by atoms with E-state index in [1.807, 2.05) is 31.2 Å². The number of likely N-dealkylation sites (tertiary alicyclic amines) is 1. The molecule has 0 atom stereocenters. The molecule has 1 heterocycles. The van der Waals surface area contributed by atoms with Crippen LogP contribution in [0.2, 0.25) is 0 Å². The zero-order valence-corrected chi connectivity index (χ0v) is 14.6. The lowest BCUT2D eigenvalue weighted by atomic mass is 10.1. The van der Waals surface area contributed by atoms with Crippen LogP contribution in [0.4, 0.5) is 5.69 Å². The number of carbonyl (C=O) groups is 2. The quantitative estimate of drug-likeness (QED) is 0.841. The number of amides is 2. The Morgan fingerprint density at radius 3 is 2.60 bits per heavy atom. The summed E-state index contributed by atoms with van der Waals surface area (Å²) >= 11 is 0. The summed E-state index contributed by atoms with van der Waals surface area (Å²) in [5.74, 6) is 0.574. The van der Waals surface area contributed by atoms with Crippen LogP contribution >= 0.6 is 0 Å². The number of anilines is 1. The third kappa shape index (κ3) is 3.82. The lowest BCUT2D eigenvalue weighted by Crippen LogP contribution is -2.42. The summed E-state index contributed by atoms with van der Waals surface area (Å²) in [5.41, 5.74) is 2.43. The number of hydrogen-bond acceptors (Lipinski definition) is 3. The van der Waals surface area contributed by atoms with E-state index in [9.17, 15) is 9.59 Å². The molecule has 3 rings (SSSR count). The first-order valence-electron chi connectivity index (χ1n) is 8.39. The minimum atomic E-state index is -0.151. The van der Waals surface area contributed by atoms with Gasteiger partial charge in [-0.1, -0.05) is 23.8 Å². The van der Waals surface area contributed by atoms with Gasteiger partial charge >= 0.3 is 0 Å². The van der Waals surface area contributed by atoms with Crippen LogP contribution in [0.25, 0.3) is 0 Å². The predicted molar refractivity (Wildman–Crippen MR) is 96.8 cm³/mol. The van der Waals surface area contributed by atoms with Crippen molar-refractivity contribution in [3.63, 3.8) is 0 Å². The summed E-state index contributed by atoms with van der Waals surface area (Å²) in [4.78, 5) is 28.5. The fourth-order valence-electron chi connectivity index (χ4n) is 2.92. The minimum absolute atomic E-state index is 0.0931. The molecule has 1 aliphatic rings. The Hall–Kier alpha value is -2.82. The van der Waals surface area contributed by atoms with Crippen LogP contribution in [0, 0.1) is 6.92 Å². The molecule has 1 saturated heterocycles. The van der Waals surface area contributed by atoms with Crippen LogP contribution in [0.15, 0.2) is 48.5 Å². The van der Waals surface area contributed by atoms with Gasteiger partial charge in [-0.15, -0.1) is 0 Å². The predicted octanol–water partition coefficient (Wildman–Crippen LogP) is 3.23. The average molecular weight is 338 g/mol. The minimum Gasteiger partial charge on any atom is -0.497 e. The molecule has 0 aliphatic carbocycles. The highest BCUT2D eigenvalue weighted by atomic mass is 16.5. The van der Waals surface area contributed by atoms with Crippen LogP contribution in [0.1, 0.15) is 28.8 Å². The highest BCUT2D eigenvalue weighted by Gasteiger charge is 2.26. The molecule has 2 amide bonds. The SMILES string of the molecule is COc1cccc(C(=O)N(CN2CCCC2=O)c2ccc(C)cc2)c1. The maximum atomic E-state index is 13.1. The van der Waals surface area contributed by atoms with Crippen molar-refractivity contribution in [1.29, 1.82) is 0 Å². The Bertz CT molecular complexity index is 771. The molecule has 0 spiro atoms. The van der Waals surface area contributed by atoms with Gasteiger partial charge in [0, 0.05) is 24.2 Å². The monoisotopic (exact) mass is 338 g/mol. The van der Waals surface area contributed by atoms with Crippen molar-refractivity contribution in [1.82, 2.24) is 4.90 Å². The second kappa shape index (κ2) is 7.38. The van der Waals surface area contributed by atoms with Gasteiger partial charge in [-0.3, -0.25) is 14.5 Å². The molecule has 1 aliphatic heterocycles. The third-order valence-electron chi connectivity index (χ3n) is 4.39. The second-order valence-corrected chi connectivity index (χ2v) is 6.20. The van der Waals surface area contributed by atoms with Gasteiger partial charge < -0.3 is 9.64 Å². The van der Waals surface area contributed by atoms with Crippen molar-refractivity contribution in [2.24, 2.45) is 0 Å². The van der Waals surface area contributed by atoms with Crippen molar-refractivity contribution >= 4 is 17.5 Å². The molecule has 5 heteroatoms. The van der Waals surface area contributed by atoms with Gasteiger partial charge in [-0.2, -0.15) is 0 Å². The van der Waals surface area contributed by atoms with E-state index in [0.29, 0.717) is 24.3 Å². The first-order chi connectivity index (χ1) is 12.1. The summed E-state index contributed by atoms with van der Waals surface area (Å²) in [6, 6.07) is 14.8. The Labute approximate surface area is 147 Å². The van der Waals surface area contributed by atoms with E-state index in [4.69, 9.17) is 4.74 Å². The maximum absolute atomic E-state index is 13.1. The van der Waals surface area contributed by atoms with E-state index in [0.717, 1.165) is 17.7 Å². The van der Waals surface area contributed by atoms with Crippen LogP contribution in [-0.4, -0.2) is 37.0 Å². The highest BCUT2D eigenvalue weighted by molar-refractivity contribution is 6.06.